The van der Waals surface area contributed by atoms with Crippen LogP contribution in [0.25, 0.3) is 0 Å². The second-order valence-corrected chi connectivity index (χ2v) is 5.70. The van der Waals surface area contributed by atoms with E-state index < -0.39 is 0 Å². The summed E-state index contributed by atoms with van der Waals surface area (Å²) in [4.78, 5) is 11.3. The molecule has 1 heterocycles. The maximum atomic E-state index is 11.3. The van der Waals surface area contributed by atoms with Crippen LogP contribution in [-0.2, 0) is 4.79 Å². The smallest absolute Gasteiger partial charge is 0.127 e. The third-order valence-corrected chi connectivity index (χ3v) is 4.55. The normalized spacial score (nSPS) is 22.7. The Morgan fingerprint density at radius 2 is 2.12 bits per heavy atom. The highest BCUT2D eigenvalue weighted by Gasteiger charge is 2.24. The number of carbonyl (C=O) groups excluding carboxylic acids is 1. The zero-order chi connectivity index (χ0) is 11.4. The van der Waals surface area contributed by atoms with Crippen molar-refractivity contribution in [2.45, 2.75) is 25.7 Å². The number of aryl methyl sites for hydroxylation is 1. The highest BCUT2D eigenvalue weighted by Crippen LogP contribution is 2.33. The van der Waals surface area contributed by atoms with Crippen LogP contribution in [0.3, 0.4) is 0 Å². The van der Waals surface area contributed by atoms with E-state index in [1.807, 2.05) is 11.8 Å². The van der Waals surface area contributed by atoms with Crippen LogP contribution in [-0.4, -0.2) is 17.8 Å². The standard InChI is InChI=1S/C14H18OS/c1-11-4-6-12(7-5-11)14(9-15)13-3-2-8-16-10-13/h4-7,9,13-14H,2-3,8,10H2,1H3. The largest absolute Gasteiger partial charge is 0.303 e. The maximum Gasteiger partial charge on any atom is 0.127 e. The van der Waals surface area contributed by atoms with E-state index in [-0.39, 0.29) is 5.92 Å². The fourth-order valence-electron chi connectivity index (χ4n) is 2.30. The molecule has 16 heavy (non-hydrogen) atoms. The fourth-order valence-corrected chi connectivity index (χ4v) is 3.51. The minimum Gasteiger partial charge on any atom is -0.303 e. The Morgan fingerprint density at radius 3 is 2.69 bits per heavy atom. The van der Waals surface area contributed by atoms with Crippen LogP contribution < -0.4 is 0 Å². The van der Waals surface area contributed by atoms with Crippen LogP contribution in [0.5, 0.6) is 0 Å². The number of hydrogen-bond donors (Lipinski definition) is 0. The molecule has 2 atom stereocenters. The van der Waals surface area contributed by atoms with Gasteiger partial charge in [0.2, 0.25) is 0 Å². The number of hydrogen-bond acceptors (Lipinski definition) is 2. The second kappa shape index (κ2) is 5.53. The Morgan fingerprint density at radius 1 is 1.38 bits per heavy atom. The molecule has 0 radical (unpaired) electrons. The lowest BCUT2D eigenvalue weighted by atomic mass is 9.85. The molecule has 2 unspecified atom stereocenters. The molecular weight excluding hydrogens is 216 g/mol. The molecule has 1 aliphatic heterocycles. The van der Waals surface area contributed by atoms with Crippen molar-refractivity contribution in [3.8, 4) is 0 Å². The van der Waals surface area contributed by atoms with Gasteiger partial charge in [-0.2, -0.15) is 11.8 Å². The van der Waals surface area contributed by atoms with E-state index in [1.165, 1.54) is 29.7 Å². The summed E-state index contributed by atoms with van der Waals surface area (Å²) >= 11 is 1.99. The Balaban J connectivity index is 2.14. The number of carbonyl (C=O) groups is 1. The first kappa shape index (κ1) is 11.7. The molecule has 86 valence electrons. The van der Waals surface area contributed by atoms with Crippen LogP contribution in [0.1, 0.15) is 29.9 Å². The number of aldehydes is 1. The summed E-state index contributed by atoms with van der Waals surface area (Å²) in [6.45, 7) is 2.08. The monoisotopic (exact) mass is 234 g/mol. The quantitative estimate of drug-likeness (QED) is 0.745. The molecule has 1 fully saturated rings. The molecule has 0 N–H and O–H groups in total. The Kier molecular flexibility index (Phi) is 4.05. The lowest BCUT2D eigenvalue weighted by Crippen LogP contribution is -2.20. The predicted molar refractivity (Wildman–Crippen MR) is 70.0 cm³/mol. The second-order valence-electron chi connectivity index (χ2n) is 4.55. The van der Waals surface area contributed by atoms with Crippen LogP contribution in [0.2, 0.25) is 0 Å². The van der Waals surface area contributed by atoms with Gasteiger partial charge in [0.15, 0.2) is 0 Å². The molecule has 0 bridgehead atoms. The summed E-state index contributed by atoms with van der Waals surface area (Å²) in [6.07, 6.45) is 3.59. The topological polar surface area (TPSA) is 17.1 Å². The molecule has 0 aromatic heterocycles. The Hall–Kier alpha value is -0.760. The van der Waals surface area contributed by atoms with E-state index in [4.69, 9.17) is 0 Å². The van der Waals surface area contributed by atoms with E-state index in [0.29, 0.717) is 5.92 Å². The summed E-state index contributed by atoms with van der Waals surface area (Å²) in [5.41, 5.74) is 2.44. The van der Waals surface area contributed by atoms with Gasteiger partial charge >= 0.3 is 0 Å². The SMILES string of the molecule is Cc1ccc(C(C=O)C2CCCSC2)cc1. The Bertz CT molecular complexity index is 338. The van der Waals surface area contributed by atoms with Crippen molar-refractivity contribution in [1.29, 1.82) is 0 Å². The minimum absolute atomic E-state index is 0.105. The zero-order valence-corrected chi connectivity index (χ0v) is 10.5. The van der Waals surface area contributed by atoms with Gasteiger partial charge < -0.3 is 4.79 Å². The van der Waals surface area contributed by atoms with E-state index in [2.05, 4.69) is 31.2 Å². The Labute approximate surface area is 102 Å². The molecule has 0 spiro atoms. The fraction of sp³-hybridized carbons (Fsp3) is 0.500. The van der Waals surface area contributed by atoms with Crippen molar-refractivity contribution in [2.75, 3.05) is 11.5 Å². The highest BCUT2D eigenvalue weighted by atomic mass is 32.2. The van der Waals surface area contributed by atoms with Gasteiger partial charge in [0.25, 0.3) is 0 Å². The van der Waals surface area contributed by atoms with Gasteiger partial charge in [-0.05, 0) is 42.8 Å². The molecule has 0 saturated carbocycles. The van der Waals surface area contributed by atoms with Crippen molar-refractivity contribution in [2.24, 2.45) is 5.92 Å². The van der Waals surface area contributed by atoms with Crippen LogP contribution in [0, 0.1) is 12.8 Å². The van der Waals surface area contributed by atoms with E-state index in [0.717, 1.165) is 12.0 Å². The predicted octanol–water partition coefficient (Wildman–Crippen LogP) is 3.42. The first-order chi connectivity index (χ1) is 7.81. The summed E-state index contributed by atoms with van der Waals surface area (Å²) < 4.78 is 0. The van der Waals surface area contributed by atoms with Crippen molar-refractivity contribution in [3.63, 3.8) is 0 Å². The molecule has 2 rings (SSSR count). The molecule has 0 aliphatic carbocycles. The highest BCUT2D eigenvalue weighted by molar-refractivity contribution is 7.99. The third-order valence-electron chi connectivity index (χ3n) is 3.31. The van der Waals surface area contributed by atoms with E-state index >= 15 is 0 Å². The first-order valence-corrected chi connectivity index (χ1v) is 7.06. The van der Waals surface area contributed by atoms with Crippen molar-refractivity contribution < 1.29 is 4.79 Å². The van der Waals surface area contributed by atoms with E-state index in [9.17, 15) is 4.79 Å². The van der Waals surface area contributed by atoms with Crippen LogP contribution in [0.4, 0.5) is 0 Å². The third kappa shape index (κ3) is 2.67. The molecular formula is C14H18OS. The summed E-state index contributed by atoms with van der Waals surface area (Å²) in [5, 5.41) is 0. The molecule has 1 aromatic carbocycles. The summed E-state index contributed by atoms with van der Waals surface area (Å²) in [5.74, 6) is 3.04. The van der Waals surface area contributed by atoms with Crippen LogP contribution >= 0.6 is 11.8 Å². The molecule has 1 aliphatic rings. The van der Waals surface area contributed by atoms with Crippen LogP contribution in [0.15, 0.2) is 24.3 Å². The van der Waals surface area contributed by atoms with Crippen molar-refractivity contribution in [3.05, 3.63) is 35.4 Å². The zero-order valence-electron chi connectivity index (χ0n) is 9.69. The van der Waals surface area contributed by atoms with Gasteiger partial charge in [-0.15, -0.1) is 0 Å². The average molecular weight is 234 g/mol. The summed E-state index contributed by atoms with van der Waals surface area (Å²) in [6, 6.07) is 8.41. The molecule has 1 aromatic rings. The summed E-state index contributed by atoms with van der Waals surface area (Å²) in [7, 11) is 0. The van der Waals surface area contributed by atoms with Gasteiger partial charge in [-0.3, -0.25) is 0 Å². The molecule has 2 heteroatoms. The molecule has 0 amide bonds. The lowest BCUT2D eigenvalue weighted by molar-refractivity contribution is -0.110. The van der Waals surface area contributed by atoms with E-state index in [1.54, 1.807) is 0 Å². The minimum atomic E-state index is 0.105. The van der Waals surface area contributed by atoms with Gasteiger partial charge in [-0.25, -0.2) is 0 Å². The molecule has 1 nitrogen and oxygen atoms in total. The molecule has 1 saturated heterocycles. The van der Waals surface area contributed by atoms with Gasteiger partial charge in [-0.1, -0.05) is 29.8 Å². The number of thioether (sulfide) groups is 1. The van der Waals surface area contributed by atoms with Gasteiger partial charge in [0.05, 0.1) is 0 Å². The van der Waals surface area contributed by atoms with Crippen molar-refractivity contribution >= 4 is 18.0 Å². The number of rotatable bonds is 3. The first-order valence-electron chi connectivity index (χ1n) is 5.91. The lowest BCUT2D eigenvalue weighted by Gasteiger charge is -2.26. The average Bonchev–Trinajstić information content (AvgIpc) is 2.34. The van der Waals surface area contributed by atoms with Crippen molar-refractivity contribution in [1.82, 2.24) is 0 Å². The number of benzene rings is 1. The maximum absolute atomic E-state index is 11.3. The van der Waals surface area contributed by atoms with Gasteiger partial charge in [0.1, 0.15) is 6.29 Å². The van der Waals surface area contributed by atoms with Gasteiger partial charge in [0, 0.05) is 5.92 Å².